The van der Waals surface area contributed by atoms with Gasteiger partial charge in [0.1, 0.15) is 0 Å². The van der Waals surface area contributed by atoms with Gasteiger partial charge in [0.05, 0.1) is 10.0 Å². The molecule has 0 saturated carbocycles. The maximum absolute atomic E-state index is 6.25. The third-order valence-electron chi connectivity index (χ3n) is 5.73. The van der Waals surface area contributed by atoms with E-state index in [2.05, 4.69) is 52.4 Å². The van der Waals surface area contributed by atoms with Crippen LogP contribution in [0.15, 0.2) is 42.5 Å². The zero-order valence-corrected chi connectivity index (χ0v) is 16.6. The molecule has 2 aliphatic rings. The number of fused-ring (bicyclic) bond motifs is 1. The van der Waals surface area contributed by atoms with Gasteiger partial charge >= 0.3 is 0 Å². The molecule has 2 unspecified atom stereocenters. The third kappa shape index (κ3) is 3.66. The van der Waals surface area contributed by atoms with Gasteiger partial charge in [-0.25, -0.2) is 0 Å². The van der Waals surface area contributed by atoms with Crippen molar-refractivity contribution in [1.82, 2.24) is 4.90 Å². The molecule has 1 saturated heterocycles. The number of hydrogen-bond donors (Lipinski definition) is 1. The summed E-state index contributed by atoms with van der Waals surface area (Å²) in [5.74, 6) is 0.493. The van der Waals surface area contributed by atoms with Gasteiger partial charge < -0.3 is 10.2 Å². The van der Waals surface area contributed by atoms with Crippen LogP contribution in [0, 0.1) is 0 Å². The van der Waals surface area contributed by atoms with Crippen LogP contribution in [0.4, 0.5) is 11.4 Å². The first-order valence-corrected chi connectivity index (χ1v) is 10.2. The highest BCUT2D eigenvalue weighted by Gasteiger charge is 2.30. The Bertz CT molecular complexity index is 757. The molecule has 0 radical (unpaired) electrons. The highest BCUT2D eigenvalue weighted by molar-refractivity contribution is 6.42. The predicted octanol–water partition coefficient (Wildman–Crippen LogP) is 5.10. The molecule has 138 valence electrons. The van der Waals surface area contributed by atoms with Crippen LogP contribution in [0.5, 0.6) is 0 Å². The Morgan fingerprint density at radius 1 is 1.00 bits per heavy atom. The van der Waals surface area contributed by atoms with Crippen molar-refractivity contribution in [2.75, 3.05) is 42.9 Å². The monoisotopic (exact) mass is 389 g/mol. The number of piperazine rings is 1. The number of benzene rings is 2. The average Bonchev–Trinajstić information content (AvgIpc) is 2.96. The first-order chi connectivity index (χ1) is 12.6. The SMILES string of the molecule is CC1Nc2cc(Cl)c(Cl)cc2C1CCN1CCN(c2ccccc2)CC1. The number of nitrogens with one attached hydrogen (secondary N) is 1. The molecule has 2 heterocycles. The molecule has 0 aliphatic carbocycles. The number of halogens is 2. The van der Waals surface area contributed by atoms with Gasteiger partial charge in [0.15, 0.2) is 0 Å². The van der Waals surface area contributed by atoms with Crippen LogP contribution in [-0.4, -0.2) is 43.7 Å². The molecular weight excluding hydrogens is 365 g/mol. The van der Waals surface area contributed by atoms with Gasteiger partial charge in [0.25, 0.3) is 0 Å². The molecule has 0 spiro atoms. The van der Waals surface area contributed by atoms with Crippen LogP contribution >= 0.6 is 23.2 Å². The average molecular weight is 390 g/mol. The zero-order valence-electron chi connectivity index (χ0n) is 15.1. The van der Waals surface area contributed by atoms with Crippen molar-refractivity contribution in [3.8, 4) is 0 Å². The minimum Gasteiger partial charge on any atom is -0.382 e. The second-order valence-electron chi connectivity index (χ2n) is 7.35. The molecule has 2 aromatic rings. The highest BCUT2D eigenvalue weighted by atomic mass is 35.5. The molecule has 4 rings (SSSR count). The topological polar surface area (TPSA) is 18.5 Å². The van der Waals surface area contributed by atoms with Crippen molar-refractivity contribution in [1.29, 1.82) is 0 Å². The summed E-state index contributed by atoms with van der Waals surface area (Å²) < 4.78 is 0. The molecule has 2 aliphatic heterocycles. The Labute approximate surface area is 165 Å². The second kappa shape index (κ2) is 7.67. The Morgan fingerprint density at radius 2 is 1.69 bits per heavy atom. The van der Waals surface area contributed by atoms with Crippen molar-refractivity contribution >= 4 is 34.6 Å². The van der Waals surface area contributed by atoms with Gasteiger partial charge in [-0.1, -0.05) is 41.4 Å². The largest absolute Gasteiger partial charge is 0.382 e. The van der Waals surface area contributed by atoms with E-state index in [0.717, 1.165) is 44.8 Å². The van der Waals surface area contributed by atoms with Crippen LogP contribution in [0.3, 0.4) is 0 Å². The molecule has 2 atom stereocenters. The highest BCUT2D eigenvalue weighted by Crippen LogP contribution is 2.42. The van der Waals surface area contributed by atoms with E-state index in [1.54, 1.807) is 0 Å². The molecule has 2 aromatic carbocycles. The lowest BCUT2D eigenvalue weighted by Crippen LogP contribution is -2.47. The standard InChI is InChI=1S/C21H25Cl2N3/c1-15-17(18-13-19(22)20(23)14-21(18)24-15)7-8-25-9-11-26(12-10-25)16-5-3-2-4-6-16/h2-6,13-15,17,24H,7-12H2,1H3. The summed E-state index contributed by atoms with van der Waals surface area (Å²) in [7, 11) is 0. The summed E-state index contributed by atoms with van der Waals surface area (Å²) in [6.45, 7) is 7.81. The van der Waals surface area contributed by atoms with Crippen LogP contribution in [0.25, 0.3) is 0 Å². The molecule has 1 N–H and O–H groups in total. The first-order valence-electron chi connectivity index (χ1n) is 9.39. The lowest BCUT2D eigenvalue weighted by atomic mass is 9.92. The molecule has 26 heavy (non-hydrogen) atoms. The molecule has 3 nitrogen and oxygen atoms in total. The fourth-order valence-electron chi connectivity index (χ4n) is 4.20. The second-order valence-corrected chi connectivity index (χ2v) is 8.16. The molecule has 0 aromatic heterocycles. The van der Waals surface area contributed by atoms with E-state index in [4.69, 9.17) is 23.2 Å². The Kier molecular flexibility index (Phi) is 5.30. The minimum absolute atomic E-state index is 0.421. The number of nitrogens with zero attached hydrogens (tertiary/aromatic N) is 2. The maximum atomic E-state index is 6.25. The van der Waals surface area contributed by atoms with E-state index >= 15 is 0 Å². The quantitative estimate of drug-likeness (QED) is 0.783. The van der Waals surface area contributed by atoms with Crippen LogP contribution in [0.1, 0.15) is 24.8 Å². The Hall–Kier alpha value is -1.42. The van der Waals surface area contributed by atoms with Gasteiger partial charge in [-0.2, -0.15) is 0 Å². The Balaban J connectivity index is 1.34. The number of para-hydroxylation sites is 1. The maximum Gasteiger partial charge on any atom is 0.0613 e. The summed E-state index contributed by atoms with van der Waals surface area (Å²) in [5.41, 5.74) is 3.79. The van der Waals surface area contributed by atoms with Gasteiger partial charge in [-0.05, 0) is 49.7 Å². The first kappa shape index (κ1) is 18.0. The summed E-state index contributed by atoms with van der Waals surface area (Å²) in [5, 5.41) is 4.84. The van der Waals surface area contributed by atoms with Crippen LogP contribution in [0.2, 0.25) is 10.0 Å². The smallest absolute Gasteiger partial charge is 0.0613 e. The minimum atomic E-state index is 0.421. The van der Waals surface area contributed by atoms with Crippen molar-refractivity contribution in [2.45, 2.75) is 25.3 Å². The fraction of sp³-hybridized carbons (Fsp3) is 0.429. The molecule has 5 heteroatoms. The number of rotatable bonds is 4. The third-order valence-corrected chi connectivity index (χ3v) is 6.45. The van der Waals surface area contributed by atoms with E-state index in [0.29, 0.717) is 22.0 Å². The van der Waals surface area contributed by atoms with Gasteiger partial charge in [0.2, 0.25) is 0 Å². The summed E-state index contributed by atoms with van der Waals surface area (Å²) in [6.07, 6.45) is 1.14. The normalized spacial score (nSPS) is 23.0. The molecular formula is C21H25Cl2N3. The summed E-state index contributed by atoms with van der Waals surface area (Å²) in [4.78, 5) is 5.06. The predicted molar refractivity (Wildman–Crippen MR) is 112 cm³/mol. The molecule has 0 amide bonds. The fourth-order valence-corrected chi connectivity index (χ4v) is 4.54. The Morgan fingerprint density at radius 3 is 2.42 bits per heavy atom. The van der Waals surface area contributed by atoms with Crippen molar-refractivity contribution in [3.05, 3.63) is 58.1 Å². The van der Waals surface area contributed by atoms with E-state index in [1.165, 1.54) is 11.3 Å². The van der Waals surface area contributed by atoms with Crippen LogP contribution < -0.4 is 10.2 Å². The number of hydrogen-bond acceptors (Lipinski definition) is 3. The van der Waals surface area contributed by atoms with Gasteiger partial charge in [0, 0.05) is 49.5 Å². The van der Waals surface area contributed by atoms with E-state index in [1.807, 2.05) is 12.1 Å². The van der Waals surface area contributed by atoms with E-state index < -0.39 is 0 Å². The van der Waals surface area contributed by atoms with Gasteiger partial charge in [-0.15, -0.1) is 0 Å². The zero-order chi connectivity index (χ0) is 18.1. The lowest BCUT2D eigenvalue weighted by molar-refractivity contribution is 0.247. The van der Waals surface area contributed by atoms with Crippen molar-refractivity contribution < 1.29 is 0 Å². The molecule has 1 fully saturated rings. The van der Waals surface area contributed by atoms with Crippen LogP contribution in [-0.2, 0) is 0 Å². The lowest BCUT2D eigenvalue weighted by Gasteiger charge is -2.36. The van der Waals surface area contributed by atoms with E-state index in [9.17, 15) is 0 Å². The summed E-state index contributed by atoms with van der Waals surface area (Å²) in [6, 6.07) is 15.2. The number of anilines is 2. The van der Waals surface area contributed by atoms with Crippen molar-refractivity contribution in [3.63, 3.8) is 0 Å². The summed E-state index contributed by atoms with van der Waals surface area (Å²) >= 11 is 12.4. The van der Waals surface area contributed by atoms with Gasteiger partial charge in [-0.3, -0.25) is 4.90 Å². The molecule has 0 bridgehead atoms. The van der Waals surface area contributed by atoms with E-state index in [-0.39, 0.29) is 0 Å². The van der Waals surface area contributed by atoms with Crippen molar-refractivity contribution in [2.24, 2.45) is 0 Å².